The number of anilines is 1. The zero-order chi connectivity index (χ0) is 15.9. The minimum Gasteiger partial charge on any atom is -0.354 e. The molecule has 1 atom stereocenters. The third-order valence-electron chi connectivity index (χ3n) is 3.01. The second-order valence-electron chi connectivity index (χ2n) is 4.51. The molecule has 0 aliphatic rings. The van der Waals surface area contributed by atoms with E-state index in [4.69, 9.17) is 4.74 Å². The van der Waals surface area contributed by atoms with E-state index in [9.17, 15) is 14.9 Å². The molecule has 0 aliphatic carbocycles. The second-order valence-corrected chi connectivity index (χ2v) is 4.51. The van der Waals surface area contributed by atoms with Gasteiger partial charge in [-0.05, 0) is 19.1 Å². The Kier molecular flexibility index (Phi) is 5.21. The van der Waals surface area contributed by atoms with Gasteiger partial charge in [0.1, 0.15) is 0 Å². The topological polar surface area (TPSA) is 81.5 Å². The van der Waals surface area contributed by atoms with Crippen molar-refractivity contribution in [2.75, 3.05) is 11.9 Å². The third kappa shape index (κ3) is 3.89. The lowest BCUT2D eigenvalue weighted by Crippen LogP contribution is -2.32. The van der Waals surface area contributed by atoms with Gasteiger partial charge in [0.25, 0.3) is 5.69 Å². The average molecular weight is 300 g/mol. The molecule has 2 aromatic carbocycles. The minimum absolute atomic E-state index is 0.00658. The van der Waals surface area contributed by atoms with E-state index in [-0.39, 0.29) is 11.5 Å². The molecular weight excluding hydrogens is 284 g/mol. The van der Waals surface area contributed by atoms with Crippen LogP contribution in [0.5, 0.6) is 0 Å². The normalized spacial score (nSPS) is 11.7. The Morgan fingerprint density at radius 3 is 2.36 bits per heavy atom. The highest BCUT2D eigenvalue weighted by molar-refractivity contribution is 6.00. The molecule has 22 heavy (non-hydrogen) atoms. The highest BCUT2D eigenvalue weighted by Crippen LogP contribution is 2.17. The first-order chi connectivity index (χ1) is 10.6. The van der Waals surface area contributed by atoms with Gasteiger partial charge in [0, 0.05) is 30.0 Å². The summed E-state index contributed by atoms with van der Waals surface area (Å²) in [6.07, 6.45) is -0.839. The quantitative estimate of drug-likeness (QED) is 0.367. The summed E-state index contributed by atoms with van der Waals surface area (Å²) in [6.45, 7) is 2.16. The predicted molar refractivity (Wildman–Crippen MR) is 82.9 cm³/mol. The van der Waals surface area contributed by atoms with Crippen LogP contribution in [0.4, 0.5) is 11.4 Å². The number of rotatable bonds is 7. The van der Waals surface area contributed by atoms with Gasteiger partial charge in [0.15, 0.2) is 6.23 Å². The van der Waals surface area contributed by atoms with Crippen molar-refractivity contribution in [1.82, 2.24) is 0 Å². The van der Waals surface area contributed by atoms with Gasteiger partial charge in [-0.1, -0.05) is 30.3 Å². The fourth-order valence-corrected chi connectivity index (χ4v) is 1.93. The fraction of sp³-hybridized carbons (Fsp3) is 0.188. The van der Waals surface area contributed by atoms with Gasteiger partial charge >= 0.3 is 0 Å². The smallest absolute Gasteiger partial charge is 0.269 e. The molecule has 2 rings (SSSR count). The minimum atomic E-state index is -0.839. The fourth-order valence-electron chi connectivity index (χ4n) is 1.93. The van der Waals surface area contributed by atoms with Gasteiger partial charge in [0.2, 0.25) is 5.78 Å². The lowest BCUT2D eigenvalue weighted by atomic mass is 10.1. The van der Waals surface area contributed by atoms with Gasteiger partial charge < -0.3 is 10.1 Å². The predicted octanol–water partition coefficient (Wildman–Crippen LogP) is 3.25. The van der Waals surface area contributed by atoms with Crippen molar-refractivity contribution in [2.45, 2.75) is 13.2 Å². The molecule has 6 heteroatoms. The summed E-state index contributed by atoms with van der Waals surface area (Å²) in [7, 11) is 0. The van der Waals surface area contributed by atoms with Gasteiger partial charge in [-0.2, -0.15) is 0 Å². The van der Waals surface area contributed by atoms with E-state index in [2.05, 4.69) is 5.32 Å². The number of nitro groups is 1. The highest BCUT2D eigenvalue weighted by Gasteiger charge is 2.20. The molecule has 0 radical (unpaired) electrons. The summed E-state index contributed by atoms with van der Waals surface area (Å²) in [6, 6.07) is 14.7. The van der Waals surface area contributed by atoms with Crippen LogP contribution in [0.25, 0.3) is 0 Å². The number of Topliss-reactive ketones (excluding diaryl/α,β-unsaturated/α-hetero) is 1. The Morgan fingerprint density at radius 1 is 1.18 bits per heavy atom. The van der Waals surface area contributed by atoms with E-state index in [0.29, 0.717) is 17.9 Å². The maximum absolute atomic E-state index is 12.4. The Morgan fingerprint density at radius 2 is 1.82 bits per heavy atom. The first-order valence-corrected chi connectivity index (χ1v) is 6.83. The summed E-state index contributed by atoms with van der Waals surface area (Å²) in [5.41, 5.74) is 1.11. The highest BCUT2D eigenvalue weighted by atomic mass is 16.6. The van der Waals surface area contributed by atoms with Crippen molar-refractivity contribution >= 4 is 17.2 Å². The van der Waals surface area contributed by atoms with Crippen molar-refractivity contribution in [1.29, 1.82) is 0 Å². The van der Waals surface area contributed by atoms with Crippen molar-refractivity contribution in [3.05, 3.63) is 70.3 Å². The van der Waals surface area contributed by atoms with Gasteiger partial charge in [-0.3, -0.25) is 14.9 Å². The Labute approximate surface area is 127 Å². The SMILES string of the molecule is CCOC(Nc1ccc([N+](=O)[O-])cc1)C(=O)c1ccccc1. The lowest BCUT2D eigenvalue weighted by molar-refractivity contribution is -0.384. The van der Waals surface area contributed by atoms with Crippen LogP contribution in [0.2, 0.25) is 0 Å². The molecule has 0 heterocycles. The number of carbonyl (C=O) groups is 1. The molecule has 0 amide bonds. The zero-order valence-electron chi connectivity index (χ0n) is 12.1. The van der Waals surface area contributed by atoms with Gasteiger partial charge in [-0.15, -0.1) is 0 Å². The first-order valence-electron chi connectivity index (χ1n) is 6.83. The van der Waals surface area contributed by atoms with Crippen LogP contribution in [0.3, 0.4) is 0 Å². The summed E-state index contributed by atoms with van der Waals surface area (Å²) in [5, 5.41) is 13.6. The molecule has 1 N–H and O–H groups in total. The molecule has 1 unspecified atom stereocenters. The summed E-state index contributed by atoms with van der Waals surface area (Å²) >= 11 is 0. The van der Waals surface area contributed by atoms with Crippen molar-refractivity contribution in [2.24, 2.45) is 0 Å². The molecule has 0 spiro atoms. The molecule has 0 fully saturated rings. The third-order valence-corrected chi connectivity index (χ3v) is 3.01. The number of nitrogens with one attached hydrogen (secondary N) is 1. The zero-order valence-corrected chi connectivity index (χ0v) is 12.1. The van der Waals surface area contributed by atoms with Crippen LogP contribution in [0.15, 0.2) is 54.6 Å². The molecule has 0 saturated heterocycles. The summed E-state index contributed by atoms with van der Waals surface area (Å²) in [4.78, 5) is 22.6. The van der Waals surface area contributed by atoms with Gasteiger partial charge in [0.05, 0.1) is 4.92 Å². The van der Waals surface area contributed by atoms with Crippen LogP contribution in [-0.4, -0.2) is 23.5 Å². The van der Waals surface area contributed by atoms with Crippen LogP contribution < -0.4 is 5.32 Å². The molecule has 6 nitrogen and oxygen atoms in total. The Bertz CT molecular complexity index is 641. The first kappa shape index (κ1) is 15.7. The van der Waals surface area contributed by atoms with Crippen LogP contribution in [0, 0.1) is 10.1 Å². The Hall–Kier alpha value is -2.73. The Balaban J connectivity index is 2.14. The van der Waals surface area contributed by atoms with Crippen LogP contribution in [-0.2, 0) is 4.74 Å². The van der Waals surface area contributed by atoms with E-state index >= 15 is 0 Å². The molecule has 0 aromatic heterocycles. The number of nitro benzene ring substituents is 1. The standard InChI is InChI=1S/C16H16N2O4/c1-2-22-16(15(19)12-6-4-3-5-7-12)17-13-8-10-14(11-9-13)18(20)21/h3-11,16-17H,2H2,1H3. The maximum atomic E-state index is 12.4. The van der Waals surface area contributed by atoms with Gasteiger partial charge in [-0.25, -0.2) is 0 Å². The maximum Gasteiger partial charge on any atom is 0.269 e. The summed E-state index contributed by atoms with van der Waals surface area (Å²) in [5.74, 6) is -0.194. The summed E-state index contributed by atoms with van der Waals surface area (Å²) < 4.78 is 5.45. The van der Waals surface area contributed by atoms with E-state index in [0.717, 1.165) is 0 Å². The number of carbonyl (C=O) groups excluding carboxylic acids is 1. The van der Waals surface area contributed by atoms with Crippen molar-refractivity contribution in [3.8, 4) is 0 Å². The monoisotopic (exact) mass is 300 g/mol. The van der Waals surface area contributed by atoms with E-state index in [1.165, 1.54) is 12.1 Å². The van der Waals surface area contributed by atoms with E-state index < -0.39 is 11.2 Å². The molecule has 0 bridgehead atoms. The molecule has 0 saturated carbocycles. The molecule has 114 valence electrons. The number of ether oxygens (including phenoxy) is 1. The average Bonchev–Trinajstić information content (AvgIpc) is 2.55. The second kappa shape index (κ2) is 7.33. The lowest BCUT2D eigenvalue weighted by Gasteiger charge is -2.18. The van der Waals surface area contributed by atoms with Crippen molar-refractivity contribution < 1.29 is 14.5 Å². The number of nitrogens with zero attached hydrogens (tertiary/aromatic N) is 1. The number of non-ortho nitro benzene ring substituents is 1. The van der Waals surface area contributed by atoms with Crippen LogP contribution >= 0.6 is 0 Å². The molecule has 2 aromatic rings. The van der Waals surface area contributed by atoms with Crippen LogP contribution in [0.1, 0.15) is 17.3 Å². The number of hydrogen-bond donors (Lipinski definition) is 1. The molecular formula is C16H16N2O4. The number of ketones is 1. The van der Waals surface area contributed by atoms with Crippen molar-refractivity contribution in [3.63, 3.8) is 0 Å². The molecule has 0 aliphatic heterocycles. The van der Waals surface area contributed by atoms with E-state index in [1.807, 2.05) is 6.07 Å². The number of hydrogen-bond acceptors (Lipinski definition) is 5. The largest absolute Gasteiger partial charge is 0.354 e. The van der Waals surface area contributed by atoms with E-state index in [1.54, 1.807) is 43.3 Å². The number of benzene rings is 2.